The monoisotopic (exact) mass is 201 g/mol. The summed E-state index contributed by atoms with van der Waals surface area (Å²) in [5.74, 6) is 0. The fraction of sp³-hybridized carbons (Fsp3) is 1.00. The first-order chi connectivity index (χ1) is 6.79. The molecule has 0 aromatic rings. The fourth-order valence-electron chi connectivity index (χ4n) is 2.44. The van der Waals surface area contributed by atoms with Crippen LogP contribution in [-0.2, 0) is 9.47 Å². The topological polar surface area (TPSA) is 30.5 Å². The normalized spacial score (nSPS) is 23.4. The number of ether oxygens (including phenoxy) is 2. The molecule has 1 saturated heterocycles. The van der Waals surface area contributed by atoms with Crippen molar-refractivity contribution in [2.45, 2.75) is 44.8 Å². The van der Waals surface area contributed by atoms with E-state index in [0.29, 0.717) is 6.04 Å². The third-order valence-corrected chi connectivity index (χ3v) is 3.16. The molecule has 0 aliphatic carbocycles. The van der Waals surface area contributed by atoms with Crippen LogP contribution >= 0.6 is 0 Å². The maximum absolute atomic E-state index is 5.97. The lowest BCUT2D eigenvalue weighted by molar-refractivity contribution is -0.126. The first-order valence-corrected chi connectivity index (χ1v) is 5.68. The minimum Gasteiger partial charge on any atom is -0.381 e. The van der Waals surface area contributed by atoms with Gasteiger partial charge in [-0.15, -0.1) is 0 Å². The third kappa shape index (κ3) is 2.47. The molecular weight excluding hydrogens is 178 g/mol. The second-order valence-electron chi connectivity index (χ2n) is 3.86. The van der Waals surface area contributed by atoms with E-state index in [1.165, 1.54) is 0 Å². The van der Waals surface area contributed by atoms with Crippen LogP contribution in [0, 0.1) is 0 Å². The summed E-state index contributed by atoms with van der Waals surface area (Å²) >= 11 is 0. The molecule has 0 aromatic carbocycles. The lowest BCUT2D eigenvalue weighted by atomic mass is 9.84. The van der Waals surface area contributed by atoms with Gasteiger partial charge in [-0.05, 0) is 20.4 Å². The Balaban J connectivity index is 2.67. The van der Waals surface area contributed by atoms with Crippen molar-refractivity contribution in [3.05, 3.63) is 0 Å². The zero-order valence-electron chi connectivity index (χ0n) is 9.64. The first kappa shape index (κ1) is 12.0. The summed E-state index contributed by atoms with van der Waals surface area (Å²) in [5, 5.41) is 3.37. The van der Waals surface area contributed by atoms with Gasteiger partial charge in [-0.3, -0.25) is 0 Å². The van der Waals surface area contributed by atoms with Crippen molar-refractivity contribution < 1.29 is 9.47 Å². The molecule has 1 rings (SSSR count). The van der Waals surface area contributed by atoms with Crippen LogP contribution in [0.2, 0.25) is 0 Å². The van der Waals surface area contributed by atoms with E-state index in [9.17, 15) is 0 Å². The van der Waals surface area contributed by atoms with Crippen LogP contribution in [0.15, 0.2) is 0 Å². The van der Waals surface area contributed by atoms with Gasteiger partial charge in [0.2, 0.25) is 0 Å². The molecule has 0 saturated carbocycles. The molecule has 3 nitrogen and oxygen atoms in total. The number of rotatable bonds is 5. The summed E-state index contributed by atoms with van der Waals surface area (Å²) in [7, 11) is 2.02. The van der Waals surface area contributed by atoms with E-state index in [1.54, 1.807) is 0 Å². The Bertz CT molecular complexity index is 146. The van der Waals surface area contributed by atoms with E-state index in [0.717, 1.165) is 39.1 Å². The standard InChI is InChI=1S/C11H23NO2/c1-4-10(12-3)11(14-5-2)6-8-13-9-7-11/h10,12H,4-9H2,1-3H3. The number of hydrogen-bond donors (Lipinski definition) is 1. The van der Waals surface area contributed by atoms with Crippen molar-refractivity contribution >= 4 is 0 Å². The minimum absolute atomic E-state index is 0.0104. The van der Waals surface area contributed by atoms with E-state index in [-0.39, 0.29) is 5.60 Å². The van der Waals surface area contributed by atoms with Crippen LogP contribution in [0.4, 0.5) is 0 Å². The highest BCUT2D eigenvalue weighted by Gasteiger charge is 2.39. The molecule has 1 unspecified atom stereocenters. The fourth-order valence-corrected chi connectivity index (χ4v) is 2.44. The lowest BCUT2D eigenvalue weighted by Crippen LogP contribution is -2.54. The molecule has 84 valence electrons. The summed E-state index contributed by atoms with van der Waals surface area (Å²) in [6, 6.07) is 0.450. The second kappa shape index (κ2) is 5.69. The number of nitrogens with one attached hydrogen (secondary N) is 1. The van der Waals surface area contributed by atoms with Gasteiger partial charge in [0.05, 0.1) is 5.60 Å². The van der Waals surface area contributed by atoms with Gasteiger partial charge in [-0.1, -0.05) is 6.92 Å². The van der Waals surface area contributed by atoms with E-state index < -0.39 is 0 Å². The van der Waals surface area contributed by atoms with Gasteiger partial charge in [0.15, 0.2) is 0 Å². The van der Waals surface area contributed by atoms with Crippen molar-refractivity contribution in [2.75, 3.05) is 26.9 Å². The summed E-state index contributed by atoms with van der Waals surface area (Å²) < 4.78 is 11.4. The van der Waals surface area contributed by atoms with Crippen LogP contribution in [0.25, 0.3) is 0 Å². The minimum atomic E-state index is 0.0104. The second-order valence-corrected chi connectivity index (χ2v) is 3.86. The molecular formula is C11H23NO2. The van der Waals surface area contributed by atoms with E-state index in [2.05, 4.69) is 19.2 Å². The van der Waals surface area contributed by atoms with Crippen LogP contribution in [0.5, 0.6) is 0 Å². The lowest BCUT2D eigenvalue weighted by Gasteiger charge is -2.42. The Morgan fingerprint density at radius 3 is 2.43 bits per heavy atom. The third-order valence-electron chi connectivity index (χ3n) is 3.16. The molecule has 1 N–H and O–H groups in total. The molecule has 0 radical (unpaired) electrons. The Hall–Kier alpha value is -0.120. The maximum Gasteiger partial charge on any atom is 0.0878 e. The van der Waals surface area contributed by atoms with Crippen molar-refractivity contribution in [1.82, 2.24) is 5.32 Å². The van der Waals surface area contributed by atoms with Crippen LogP contribution < -0.4 is 5.32 Å². The molecule has 0 amide bonds. The molecule has 3 heteroatoms. The Labute approximate surface area is 87.2 Å². The molecule has 14 heavy (non-hydrogen) atoms. The number of likely N-dealkylation sites (N-methyl/N-ethyl adjacent to an activating group) is 1. The van der Waals surface area contributed by atoms with E-state index in [1.807, 2.05) is 7.05 Å². The van der Waals surface area contributed by atoms with Gasteiger partial charge >= 0.3 is 0 Å². The molecule has 1 fully saturated rings. The maximum atomic E-state index is 5.97. The van der Waals surface area contributed by atoms with Crippen LogP contribution in [0.1, 0.15) is 33.1 Å². The van der Waals surface area contributed by atoms with Gasteiger partial charge < -0.3 is 14.8 Å². The zero-order valence-corrected chi connectivity index (χ0v) is 9.64. The first-order valence-electron chi connectivity index (χ1n) is 5.68. The van der Waals surface area contributed by atoms with Crippen LogP contribution in [0.3, 0.4) is 0 Å². The SMILES string of the molecule is CCOC1(C(CC)NC)CCOCC1. The smallest absolute Gasteiger partial charge is 0.0878 e. The van der Waals surface area contributed by atoms with Crippen molar-refractivity contribution in [2.24, 2.45) is 0 Å². The van der Waals surface area contributed by atoms with E-state index >= 15 is 0 Å². The summed E-state index contributed by atoms with van der Waals surface area (Å²) in [6.07, 6.45) is 3.14. The zero-order chi connectivity index (χ0) is 10.4. The van der Waals surface area contributed by atoms with Gasteiger partial charge in [-0.25, -0.2) is 0 Å². The van der Waals surface area contributed by atoms with Crippen molar-refractivity contribution in [1.29, 1.82) is 0 Å². The molecule has 0 bridgehead atoms. The highest BCUT2D eigenvalue weighted by molar-refractivity contribution is 4.93. The Morgan fingerprint density at radius 1 is 1.36 bits per heavy atom. The summed E-state index contributed by atoms with van der Waals surface area (Å²) in [5.41, 5.74) is 0.0104. The van der Waals surface area contributed by atoms with Gasteiger partial charge in [0.25, 0.3) is 0 Å². The average Bonchev–Trinajstić information content (AvgIpc) is 2.21. The molecule has 1 aliphatic rings. The summed E-state index contributed by atoms with van der Waals surface area (Å²) in [4.78, 5) is 0. The predicted molar refractivity (Wildman–Crippen MR) is 57.5 cm³/mol. The molecule has 1 heterocycles. The molecule has 1 aliphatic heterocycles. The van der Waals surface area contributed by atoms with Gasteiger partial charge in [0.1, 0.15) is 0 Å². The highest BCUT2D eigenvalue weighted by atomic mass is 16.5. The summed E-state index contributed by atoms with van der Waals surface area (Å²) in [6.45, 7) is 6.73. The predicted octanol–water partition coefficient (Wildman–Crippen LogP) is 1.57. The van der Waals surface area contributed by atoms with E-state index in [4.69, 9.17) is 9.47 Å². The molecule has 0 spiro atoms. The van der Waals surface area contributed by atoms with Gasteiger partial charge in [0, 0.05) is 38.7 Å². The number of hydrogen-bond acceptors (Lipinski definition) is 3. The quantitative estimate of drug-likeness (QED) is 0.732. The van der Waals surface area contributed by atoms with Crippen molar-refractivity contribution in [3.8, 4) is 0 Å². The largest absolute Gasteiger partial charge is 0.381 e. The Kier molecular flexibility index (Phi) is 4.85. The Morgan fingerprint density at radius 2 is 2.00 bits per heavy atom. The highest BCUT2D eigenvalue weighted by Crippen LogP contribution is 2.30. The van der Waals surface area contributed by atoms with Gasteiger partial charge in [-0.2, -0.15) is 0 Å². The molecule has 1 atom stereocenters. The average molecular weight is 201 g/mol. The van der Waals surface area contributed by atoms with Crippen LogP contribution in [-0.4, -0.2) is 38.5 Å². The molecule has 0 aromatic heterocycles. The van der Waals surface area contributed by atoms with Crippen molar-refractivity contribution in [3.63, 3.8) is 0 Å².